The van der Waals surface area contributed by atoms with Crippen molar-refractivity contribution >= 4 is 0 Å². The van der Waals surface area contributed by atoms with E-state index in [1.165, 1.54) is 0 Å². The Hall–Kier alpha value is -0.380. The summed E-state index contributed by atoms with van der Waals surface area (Å²) in [5.74, 6) is 0. The zero-order valence-corrected chi connectivity index (χ0v) is 9.71. The van der Waals surface area contributed by atoms with Gasteiger partial charge in [0.1, 0.15) is 0 Å². The molecule has 0 N–H and O–H groups in total. The second-order valence-corrected chi connectivity index (χ2v) is 3.75. The number of hydrogen-bond acceptors (Lipinski definition) is 3. The van der Waals surface area contributed by atoms with Crippen molar-refractivity contribution in [3.63, 3.8) is 0 Å². The molecule has 0 amide bonds. The zero-order valence-electron chi connectivity index (χ0n) is 9.71. The minimum atomic E-state index is -0.476. The van der Waals surface area contributed by atoms with Gasteiger partial charge in [-0.25, -0.2) is 4.89 Å². The molecule has 0 spiro atoms. The van der Waals surface area contributed by atoms with Gasteiger partial charge in [0.05, 0.1) is 5.60 Å². The summed E-state index contributed by atoms with van der Waals surface area (Å²) in [5, 5.41) is 0. The fourth-order valence-corrected chi connectivity index (χ4v) is 1.12. The van der Waals surface area contributed by atoms with Crippen molar-refractivity contribution in [3.05, 3.63) is 12.7 Å². The topological polar surface area (TPSA) is 27.7 Å². The SMILES string of the molecule is C=CC(OCC)OOC(C)(C)CCC. The molecule has 1 atom stereocenters. The average molecular weight is 202 g/mol. The monoisotopic (exact) mass is 202 g/mol. The van der Waals surface area contributed by atoms with Crippen molar-refractivity contribution in [2.75, 3.05) is 6.61 Å². The molecule has 0 bridgehead atoms. The molecule has 0 saturated carbocycles. The third-order valence-electron chi connectivity index (χ3n) is 1.74. The molecule has 1 unspecified atom stereocenters. The van der Waals surface area contributed by atoms with Crippen LogP contribution in [0.1, 0.15) is 40.5 Å². The Bertz CT molecular complexity index is 155. The lowest BCUT2D eigenvalue weighted by Crippen LogP contribution is -2.28. The van der Waals surface area contributed by atoms with E-state index in [0.29, 0.717) is 6.61 Å². The molecule has 0 rings (SSSR count). The first kappa shape index (κ1) is 13.6. The van der Waals surface area contributed by atoms with Crippen LogP contribution in [0.25, 0.3) is 0 Å². The van der Waals surface area contributed by atoms with Crippen molar-refractivity contribution in [1.29, 1.82) is 0 Å². The van der Waals surface area contributed by atoms with Gasteiger partial charge in [-0.15, -0.1) is 0 Å². The first-order valence-corrected chi connectivity index (χ1v) is 5.14. The minimum absolute atomic E-state index is 0.271. The van der Waals surface area contributed by atoms with Crippen molar-refractivity contribution < 1.29 is 14.5 Å². The maximum atomic E-state index is 5.28. The Labute approximate surface area is 87.0 Å². The van der Waals surface area contributed by atoms with E-state index in [2.05, 4.69) is 13.5 Å². The van der Waals surface area contributed by atoms with E-state index in [1.807, 2.05) is 20.8 Å². The highest BCUT2D eigenvalue weighted by Gasteiger charge is 2.20. The van der Waals surface area contributed by atoms with E-state index in [0.717, 1.165) is 12.8 Å². The summed E-state index contributed by atoms with van der Waals surface area (Å²) >= 11 is 0. The van der Waals surface area contributed by atoms with E-state index in [4.69, 9.17) is 14.5 Å². The Kier molecular flexibility index (Phi) is 6.79. The van der Waals surface area contributed by atoms with E-state index in [9.17, 15) is 0 Å². The quantitative estimate of drug-likeness (QED) is 0.262. The van der Waals surface area contributed by atoms with Crippen LogP contribution in [0.5, 0.6) is 0 Å². The van der Waals surface area contributed by atoms with Crippen LogP contribution < -0.4 is 0 Å². The fourth-order valence-electron chi connectivity index (χ4n) is 1.12. The summed E-state index contributed by atoms with van der Waals surface area (Å²) in [6.07, 6.45) is 3.11. The van der Waals surface area contributed by atoms with Crippen LogP contribution >= 0.6 is 0 Å². The van der Waals surface area contributed by atoms with Gasteiger partial charge in [-0.05, 0) is 33.3 Å². The smallest absolute Gasteiger partial charge is 0.210 e. The van der Waals surface area contributed by atoms with Crippen molar-refractivity contribution in [2.24, 2.45) is 0 Å². The third-order valence-corrected chi connectivity index (χ3v) is 1.74. The molecule has 0 heterocycles. The molecule has 0 aromatic carbocycles. The molecule has 0 aliphatic heterocycles. The van der Waals surface area contributed by atoms with Crippen LogP contribution in [0.2, 0.25) is 0 Å². The summed E-state index contributed by atoms with van der Waals surface area (Å²) < 4.78 is 5.20. The first-order valence-electron chi connectivity index (χ1n) is 5.14. The molecule has 3 heteroatoms. The average Bonchev–Trinajstić information content (AvgIpc) is 2.12. The minimum Gasteiger partial charge on any atom is -0.347 e. The molecule has 84 valence electrons. The molecular formula is C11H22O3. The van der Waals surface area contributed by atoms with Gasteiger partial charge in [0.2, 0.25) is 6.29 Å². The standard InChI is InChI=1S/C11H22O3/c1-6-9-11(4,5)14-13-10(7-2)12-8-3/h7,10H,2,6,8-9H2,1,3-5H3. The second-order valence-electron chi connectivity index (χ2n) is 3.75. The Morgan fingerprint density at radius 1 is 1.36 bits per heavy atom. The molecule has 3 nitrogen and oxygen atoms in total. The summed E-state index contributed by atoms with van der Waals surface area (Å²) in [7, 11) is 0. The highest BCUT2D eigenvalue weighted by atomic mass is 17.2. The van der Waals surface area contributed by atoms with Gasteiger partial charge >= 0.3 is 0 Å². The van der Waals surface area contributed by atoms with Gasteiger partial charge < -0.3 is 4.74 Å². The van der Waals surface area contributed by atoms with E-state index >= 15 is 0 Å². The highest BCUT2D eigenvalue weighted by Crippen LogP contribution is 2.17. The lowest BCUT2D eigenvalue weighted by molar-refractivity contribution is -0.408. The van der Waals surface area contributed by atoms with Crippen LogP contribution in [0, 0.1) is 0 Å². The second kappa shape index (κ2) is 6.98. The van der Waals surface area contributed by atoms with Gasteiger partial charge in [-0.1, -0.05) is 19.9 Å². The van der Waals surface area contributed by atoms with Gasteiger partial charge in [0, 0.05) is 6.61 Å². The lowest BCUT2D eigenvalue weighted by atomic mass is 10.0. The molecule has 0 radical (unpaired) electrons. The predicted molar refractivity (Wildman–Crippen MR) is 56.8 cm³/mol. The molecule has 0 aromatic heterocycles. The van der Waals surface area contributed by atoms with Crippen LogP contribution in [0.15, 0.2) is 12.7 Å². The molecule has 0 fully saturated rings. The predicted octanol–water partition coefficient (Wildman–Crippen LogP) is 3.06. The summed E-state index contributed by atoms with van der Waals surface area (Å²) in [6.45, 7) is 12.2. The van der Waals surface area contributed by atoms with Gasteiger partial charge in [0.25, 0.3) is 0 Å². The normalized spacial score (nSPS) is 14.0. The number of ether oxygens (including phenoxy) is 1. The van der Waals surface area contributed by atoms with Gasteiger partial charge in [-0.2, -0.15) is 4.89 Å². The number of hydrogen-bond donors (Lipinski definition) is 0. The van der Waals surface area contributed by atoms with Gasteiger partial charge in [0.15, 0.2) is 0 Å². The van der Waals surface area contributed by atoms with Crippen molar-refractivity contribution in [1.82, 2.24) is 0 Å². The summed E-state index contributed by atoms with van der Waals surface area (Å²) in [4.78, 5) is 10.4. The Morgan fingerprint density at radius 3 is 2.43 bits per heavy atom. The summed E-state index contributed by atoms with van der Waals surface area (Å²) in [5.41, 5.74) is -0.271. The maximum Gasteiger partial charge on any atom is 0.210 e. The number of rotatable bonds is 8. The fraction of sp³-hybridized carbons (Fsp3) is 0.818. The van der Waals surface area contributed by atoms with E-state index in [-0.39, 0.29) is 5.60 Å². The van der Waals surface area contributed by atoms with E-state index < -0.39 is 6.29 Å². The molecular weight excluding hydrogens is 180 g/mol. The maximum absolute atomic E-state index is 5.28. The summed E-state index contributed by atoms with van der Waals surface area (Å²) in [6, 6.07) is 0. The molecule has 0 aromatic rings. The van der Waals surface area contributed by atoms with Gasteiger partial charge in [-0.3, -0.25) is 0 Å². The van der Waals surface area contributed by atoms with Crippen LogP contribution in [0.3, 0.4) is 0 Å². The third kappa shape index (κ3) is 6.13. The van der Waals surface area contributed by atoms with E-state index in [1.54, 1.807) is 6.08 Å². The Balaban J connectivity index is 3.82. The lowest BCUT2D eigenvalue weighted by Gasteiger charge is -2.24. The largest absolute Gasteiger partial charge is 0.347 e. The zero-order chi connectivity index (χ0) is 11.0. The van der Waals surface area contributed by atoms with Crippen LogP contribution in [-0.2, 0) is 14.5 Å². The molecule has 0 aliphatic carbocycles. The Morgan fingerprint density at radius 2 is 2.00 bits per heavy atom. The first-order chi connectivity index (χ1) is 6.55. The molecule has 0 aliphatic rings. The van der Waals surface area contributed by atoms with Crippen molar-refractivity contribution in [2.45, 2.75) is 52.4 Å². The van der Waals surface area contributed by atoms with Crippen molar-refractivity contribution in [3.8, 4) is 0 Å². The van der Waals surface area contributed by atoms with Crippen LogP contribution in [-0.4, -0.2) is 18.5 Å². The molecule has 14 heavy (non-hydrogen) atoms. The highest BCUT2D eigenvalue weighted by molar-refractivity contribution is 4.71. The van der Waals surface area contributed by atoms with Crippen LogP contribution in [0.4, 0.5) is 0 Å². The molecule has 0 saturated heterocycles.